The molecular weight excluding hydrogens is 228 g/mol. The Morgan fingerprint density at radius 3 is 2.53 bits per heavy atom. The Bertz CT molecular complexity index is 235. The number of hydrogen-bond acceptors (Lipinski definition) is 4. The molecule has 0 saturated carbocycles. The highest BCUT2D eigenvalue weighted by molar-refractivity contribution is 5.82. The van der Waals surface area contributed by atoms with Crippen molar-refractivity contribution in [1.82, 2.24) is 10.6 Å². The van der Waals surface area contributed by atoms with E-state index >= 15 is 0 Å². The van der Waals surface area contributed by atoms with Crippen LogP contribution in [0.15, 0.2) is 0 Å². The lowest BCUT2D eigenvalue weighted by molar-refractivity contribution is -0.140. The number of aliphatic hydroxyl groups is 1. The number of urea groups is 1. The van der Waals surface area contributed by atoms with E-state index in [1.54, 1.807) is 7.11 Å². The van der Waals surface area contributed by atoms with E-state index in [-0.39, 0.29) is 0 Å². The van der Waals surface area contributed by atoms with Crippen LogP contribution in [0.4, 0.5) is 4.79 Å². The zero-order valence-electron chi connectivity index (χ0n) is 9.94. The van der Waals surface area contributed by atoms with Gasteiger partial charge in [-0.25, -0.2) is 9.59 Å². The lowest BCUT2D eigenvalue weighted by Gasteiger charge is -2.12. The van der Waals surface area contributed by atoms with Crippen LogP contribution in [0, 0.1) is 0 Å². The van der Waals surface area contributed by atoms with E-state index in [0.717, 1.165) is 19.3 Å². The highest BCUT2D eigenvalue weighted by Crippen LogP contribution is 1.93. The summed E-state index contributed by atoms with van der Waals surface area (Å²) in [6.45, 7) is 0.529. The Morgan fingerprint density at radius 1 is 1.29 bits per heavy atom. The number of carbonyl (C=O) groups excluding carboxylic acids is 1. The molecule has 100 valence electrons. The molecule has 0 aromatic carbocycles. The first-order chi connectivity index (χ1) is 8.11. The normalized spacial score (nSPS) is 11.9. The van der Waals surface area contributed by atoms with Crippen LogP contribution in [0.25, 0.3) is 0 Å². The van der Waals surface area contributed by atoms with E-state index in [1.807, 2.05) is 0 Å². The highest BCUT2D eigenvalue weighted by atomic mass is 16.5. The molecule has 2 amide bonds. The highest BCUT2D eigenvalue weighted by Gasteiger charge is 2.17. The summed E-state index contributed by atoms with van der Waals surface area (Å²) < 4.78 is 4.87. The van der Waals surface area contributed by atoms with Crippen LogP contribution in [0.2, 0.25) is 0 Å². The average molecular weight is 248 g/mol. The van der Waals surface area contributed by atoms with Crippen LogP contribution in [0.5, 0.6) is 0 Å². The number of unbranched alkanes of at least 4 members (excludes halogenated alkanes) is 2. The Morgan fingerprint density at radius 2 is 2.00 bits per heavy atom. The number of rotatable bonds is 9. The summed E-state index contributed by atoms with van der Waals surface area (Å²) >= 11 is 0. The van der Waals surface area contributed by atoms with Crippen molar-refractivity contribution < 1.29 is 24.5 Å². The molecule has 7 heteroatoms. The molecule has 0 spiro atoms. The molecule has 7 nitrogen and oxygen atoms in total. The number of methoxy groups -OCH3 is 1. The first kappa shape index (κ1) is 15.7. The standard InChI is InChI=1S/C10H20N2O5/c1-17-6-4-2-3-5-11-10(16)12-8(7-13)9(14)15/h8,13H,2-7H2,1H3,(H,14,15)(H2,11,12,16)/t8-/m1/s1. The lowest BCUT2D eigenvalue weighted by Crippen LogP contribution is -2.48. The molecule has 0 bridgehead atoms. The topological polar surface area (TPSA) is 108 Å². The number of ether oxygens (including phenoxy) is 1. The van der Waals surface area contributed by atoms with E-state index < -0.39 is 24.6 Å². The van der Waals surface area contributed by atoms with Crippen molar-refractivity contribution in [3.05, 3.63) is 0 Å². The molecule has 0 rings (SSSR count). The fourth-order valence-corrected chi connectivity index (χ4v) is 1.14. The number of carboxylic acid groups (broad SMARTS) is 1. The molecule has 4 N–H and O–H groups in total. The quantitative estimate of drug-likeness (QED) is 0.413. The van der Waals surface area contributed by atoms with Gasteiger partial charge in [0.2, 0.25) is 0 Å². The van der Waals surface area contributed by atoms with Gasteiger partial charge in [-0.15, -0.1) is 0 Å². The van der Waals surface area contributed by atoms with Crippen molar-refractivity contribution in [3.8, 4) is 0 Å². The Balaban J connectivity index is 3.55. The Kier molecular flexibility index (Phi) is 9.08. The average Bonchev–Trinajstić information content (AvgIpc) is 2.30. The molecule has 0 unspecified atom stereocenters. The van der Waals surface area contributed by atoms with Gasteiger partial charge in [0.25, 0.3) is 0 Å². The zero-order valence-corrected chi connectivity index (χ0v) is 9.94. The maximum Gasteiger partial charge on any atom is 0.328 e. The fourth-order valence-electron chi connectivity index (χ4n) is 1.14. The van der Waals surface area contributed by atoms with Crippen molar-refractivity contribution in [2.24, 2.45) is 0 Å². The molecule has 0 aliphatic heterocycles. The minimum absolute atomic E-state index is 0.466. The number of aliphatic carboxylic acids is 1. The molecule has 0 heterocycles. The number of hydrogen-bond donors (Lipinski definition) is 4. The summed E-state index contributed by atoms with van der Waals surface area (Å²) in [5, 5.41) is 21.9. The van der Waals surface area contributed by atoms with Crippen LogP contribution in [0.3, 0.4) is 0 Å². The maximum absolute atomic E-state index is 11.2. The van der Waals surface area contributed by atoms with Crippen molar-refractivity contribution in [1.29, 1.82) is 0 Å². The predicted molar refractivity (Wildman–Crippen MR) is 60.8 cm³/mol. The van der Waals surface area contributed by atoms with Gasteiger partial charge in [0, 0.05) is 20.3 Å². The molecule has 0 aromatic rings. The van der Waals surface area contributed by atoms with Crippen LogP contribution in [-0.2, 0) is 9.53 Å². The largest absolute Gasteiger partial charge is 0.480 e. The summed E-state index contributed by atoms with van der Waals surface area (Å²) in [6, 6.07) is -1.85. The molecule has 0 radical (unpaired) electrons. The van der Waals surface area contributed by atoms with Gasteiger partial charge in [-0.3, -0.25) is 0 Å². The van der Waals surface area contributed by atoms with Crippen molar-refractivity contribution in [3.63, 3.8) is 0 Å². The van der Waals surface area contributed by atoms with E-state index in [4.69, 9.17) is 14.9 Å². The monoisotopic (exact) mass is 248 g/mol. The van der Waals surface area contributed by atoms with Gasteiger partial charge in [-0.05, 0) is 19.3 Å². The van der Waals surface area contributed by atoms with E-state index in [1.165, 1.54) is 0 Å². The number of nitrogens with one attached hydrogen (secondary N) is 2. The second-order valence-corrected chi connectivity index (χ2v) is 3.53. The molecule has 1 atom stereocenters. The van der Waals surface area contributed by atoms with Crippen molar-refractivity contribution >= 4 is 12.0 Å². The van der Waals surface area contributed by atoms with E-state index in [0.29, 0.717) is 13.2 Å². The zero-order chi connectivity index (χ0) is 13.1. The fraction of sp³-hybridized carbons (Fsp3) is 0.800. The van der Waals surface area contributed by atoms with Crippen molar-refractivity contribution in [2.45, 2.75) is 25.3 Å². The minimum atomic E-state index is -1.26. The van der Waals surface area contributed by atoms with Gasteiger partial charge in [-0.2, -0.15) is 0 Å². The first-order valence-corrected chi connectivity index (χ1v) is 5.48. The molecule has 0 aliphatic carbocycles. The van der Waals surface area contributed by atoms with Gasteiger partial charge < -0.3 is 25.6 Å². The second-order valence-electron chi connectivity index (χ2n) is 3.53. The van der Waals surface area contributed by atoms with Crippen LogP contribution < -0.4 is 10.6 Å². The van der Waals surface area contributed by atoms with Crippen LogP contribution in [-0.4, -0.2) is 55.1 Å². The van der Waals surface area contributed by atoms with E-state index in [9.17, 15) is 9.59 Å². The Hall–Kier alpha value is -1.34. The SMILES string of the molecule is COCCCCCNC(=O)N[C@H](CO)C(=O)O. The summed E-state index contributed by atoms with van der Waals surface area (Å²) in [4.78, 5) is 21.7. The number of amides is 2. The summed E-state index contributed by atoms with van der Waals surface area (Å²) in [5.74, 6) is -1.26. The molecular formula is C10H20N2O5. The van der Waals surface area contributed by atoms with E-state index in [2.05, 4.69) is 10.6 Å². The molecule has 0 saturated heterocycles. The summed E-state index contributed by atoms with van der Waals surface area (Å²) in [5.41, 5.74) is 0. The van der Waals surface area contributed by atoms with Crippen molar-refractivity contribution in [2.75, 3.05) is 26.9 Å². The summed E-state index contributed by atoms with van der Waals surface area (Å²) in [6.07, 6.45) is 2.65. The van der Waals surface area contributed by atoms with Gasteiger partial charge in [0.05, 0.1) is 6.61 Å². The third-order valence-electron chi connectivity index (χ3n) is 2.10. The first-order valence-electron chi connectivity index (χ1n) is 5.48. The van der Waals surface area contributed by atoms with Gasteiger partial charge in [0.1, 0.15) is 0 Å². The van der Waals surface area contributed by atoms with Gasteiger partial charge in [0.15, 0.2) is 6.04 Å². The molecule has 17 heavy (non-hydrogen) atoms. The molecule has 0 aliphatic rings. The number of carbonyl (C=O) groups is 2. The van der Waals surface area contributed by atoms with Gasteiger partial charge in [-0.1, -0.05) is 0 Å². The molecule has 0 aromatic heterocycles. The minimum Gasteiger partial charge on any atom is -0.480 e. The number of aliphatic hydroxyl groups excluding tert-OH is 1. The third kappa shape index (κ3) is 8.47. The van der Waals surface area contributed by atoms with Crippen LogP contribution in [0.1, 0.15) is 19.3 Å². The predicted octanol–water partition coefficient (Wildman–Crippen LogP) is -0.452. The maximum atomic E-state index is 11.2. The van der Waals surface area contributed by atoms with Crippen LogP contribution >= 0.6 is 0 Å². The lowest BCUT2D eigenvalue weighted by atomic mass is 10.2. The smallest absolute Gasteiger partial charge is 0.328 e. The third-order valence-corrected chi connectivity index (χ3v) is 2.10. The van der Waals surface area contributed by atoms with Gasteiger partial charge >= 0.3 is 12.0 Å². The second kappa shape index (κ2) is 9.86. The number of carboxylic acids is 1. The summed E-state index contributed by atoms with van der Waals surface area (Å²) in [7, 11) is 1.63. The molecule has 0 fully saturated rings. The Labute approximate surface area is 100 Å².